The molecule has 1 aromatic rings. The van der Waals surface area contributed by atoms with E-state index in [1.165, 1.54) is 12.1 Å². The predicted molar refractivity (Wildman–Crippen MR) is 66.0 cm³/mol. The third-order valence-electron chi connectivity index (χ3n) is 2.83. The molecule has 2 atom stereocenters. The van der Waals surface area contributed by atoms with E-state index in [1.807, 2.05) is 6.92 Å². The van der Waals surface area contributed by atoms with Crippen LogP contribution in [0.2, 0.25) is 5.02 Å². The summed E-state index contributed by atoms with van der Waals surface area (Å²) >= 11 is 5.78. The molecule has 1 aliphatic rings. The van der Waals surface area contributed by atoms with Crippen LogP contribution in [0.15, 0.2) is 23.1 Å². The van der Waals surface area contributed by atoms with Crippen LogP contribution >= 0.6 is 11.6 Å². The SMILES string of the molecule is CC1CC1NS(=O)(=O)c1cc([N+](=O)[O-])ccc1Cl. The fraction of sp³-hybridized carbons (Fsp3) is 0.400. The van der Waals surface area contributed by atoms with Crippen LogP contribution in [-0.2, 0) is 10.0 Å². The van der Waals surface area contributed by atoms with Crippen molar-refractivity contribution in [2.45, 2.75) is 24.3 Å². The van der Waals surface area contributed by atoms with E-state index < -0.39 is 14.9 Å². The van der Waals surface area contributed by atoms with Gasteiger partial charge in [0.1, 0.15) is 4.90 Å². The molecule has 1 fully saturated rings. The largest absolute Gasteiger partial charge is 0.270 e. The van der Waals surface area contributed by atoms with Gasteiger partial charge in [-0.05, 0) is 18.4 Å². The Kier molecular flexibility index (Phi) is 3.31. The lowest BCUT2D eigenvalue weighted by atomic mass is 10.3. The van der Waals surface area contributed by atoms with Gasteiger partial charge >= 0.3 is 0 Å². The highest BCUT2D eigenvalue weighted by Crippen LogP contribution is 2.32. The van der Waals surface area contributed by atoms with Gasteiger partial charge in [-0.2, -0.15) is 0 Å². The van der Waals surface area contributed by atoms with Gasteiger partial charge in [-0.15, -0.1) is 0 Å². The van der Waals surface area contributed by atoms with Gasteiger partial charge < -0.3 is 0 Å². The fourth-order valence-corrected chi connectivity index (χ4v) is 3.44. The number of benzene rings is 1. The Balaban J connectivity index is 2.36. The summed E-state index contributed by atoms with van der Waals surface area (Å²) in [5, 5.41) is 10.6. The highest BCUT2D eigenvalue weighted by molar-refractivity contribution is 7.89. The average molecular weight is 291 g/mol. The molecule has 8 heteroatoms. The fourth-order valence-electron chi connectivity index (χ4n) is 1.56. The normalized spacial score (nSPS) is 22.8. The van der Waals surface area contributed by atoms with Gasteiger partial charge in [-0.3, -0.25) is 10.1 Å². The summed E-state index contributed by atoms with van der Waals surface area (Å²) in [5.41, 5.74) is -0.302. The van der Waals surface area contributed by atoms with Crippen molar-refractivity contribution in [2.75, 3.05) is 0 Å². The van der Waals surface area contributed by atoms with Gasteiger partial charge in [-0.25, -0.2) is 13.1 Å². The first kappa shape index (κ1) is 13.3. The second-order valence-electron chi connectivity index (χ2n) is 4.31. The lowest BCUT2D eigenvalue weighted by Gasteiger charge is -2.07. The number of hydrogen-bond acceptors (Lipinski definition) is 4. The lowest BCUT2D eigenvalue weighted by Crippen LogP contribution is -2.27. The van der Waals surface area contributed by atoms with Crippen LogP contribution in [0.4, 0.5) is 5.69 Å². The smallest absolute Gasteiger partial charge is 0.258 e. The molecular weight excluding hydrogens is 280 g/mol. The first-order chi connectivity index (χ1) is 8.31. The third kappa shape index (κ3) is 2.63. The number of rotatable bonds is 4. The molecule has 0 aliphatic heterocycles. The Hall–Kier alpha value is -1.18. The van der Waals surface area contributed by atoms with E-state index in [0.717, 1.165) is 12.5 Å². The highest BCUT2D eigenvalue weighted by Gasteiger charge is 2.37. The number of nitro benzene ring substituents is 1. The monoisotopic (exact) mass is 290 g/mol. The Morgan fingerprint density at radius 2 is 2.11 bits per heavy atom. The van der Waals surface area contributed by atoms with Crippen LogP contribution in [0.5, 0.6) is 0 Å². The molecule has 1 aromatic carbocycles. The Morgan fingerprint density at radius 1 is 1.50 bits per heavy atom. The predicted octanol–water partition coefficient (Wildman–Crippen LogP) is 1.93. The molecule has 1 saturated carbocycles. The third-order valence-corrected chi connectivity index (χ3v) is 4.80. The molecule has 0 saturated heterocycles. The first-order valence-electron chi connectivity index (χ1n) is 5.27. The molecule has 0 amide bonds. The van der Waals surface area contributed by atoms with Crippen LogP contribution in [0.25, 0.3) is 0 Å². The minimum atomic E-state index is -3.80. The standard InChI is InChI=1S/C10H11ClN2O4S/c1-6-4-9(6)12-18(16,17)10-5-7(13(14)15)2-3-8(10)11/h2-3,5-6,9,12H,4H2,1H3. The van der Waals surface area contributed by atoms with E-state index in [0.29, 0.717) is 0 Å². The molecule has 1 N–H and O–H groups in total. The Morgan fingerprint density at radius 3 is 2.61 bits per heavy atom. The van der Waals surface area contributed by atoms with Crippen LogP contribution < -0.4 is 4.72 Å². The highest BCUT2D eigenvalue weighted by atomic mass is 35.5. The van der Waals surface area contributed by atoms with Crippen molar-refractivity contribution in [3.05, 3.63) is 33.3 Å². The topological polar surface area (TPSA) is 89.3 Å². The number of hydrogen-bond donors (Lipinski definition) is 1. The maximum absolute atomic E-state index is 12.0. The van der Waals surface area contributed by atoms with Crippen molar-refractivity contribution in [3.8, 4) is 0 Å². The van der Waals surface area contributed by atoms with Gasteiger partial charge in [0.2, 0.25) is 10.0 Å². The average Bonchev–Trinajstić information content (AvgIpc) is 2.93. The molecular formula is C10H11ClN2O4S. The first-order valence-corrected chi connectivity index (χ1v) is 7.13. The quantitative estimate of drug-likeness (QED) is 0.678. The molecule has 98 valence electrons. The molecule has 18 heavy (non-hydrogen) atoms. The number of nitrogens with zero attached hydrogens (tertiary/aromatic N) is 1. The summed E-state index contributed by atoms with van der Waals surface area (Å²) < 4.78 is 26.5. The molecule has 2 rings (SSSR count). The van der Waals surface area contributed by atoms with Crippen molar-refractivity contribution in [2.24, 2.45) is 5.92 Å². The molecule has 0 bridgehead atoms. The second kappa shape index (κ2) is 4.49. The van der Waals surface area contributed by atoms with Crippen molar-refractivity contribution in [3.63, 3.8) is 0 Å². The number of halogens is 1. The molecule has 0 aromatic heterocycles. The summed E-state index contributed by atoms with van der Waals surface area (Å²) in [6, 6.07) is 3.24. The molecule has 1 aliphatic carbocycles. The maximum Gasteiger partial charge on any atom is 0.270 e. The van der Waals surface area contributed by atoms with E-state index in [-0.39, 0.29) is 27.6 Å². The van der Waals surface area contributed by atoms with E-state index in [2.05, 4.69) is 4.72 Å². The van der Waals surface area contributed by atoms with E-state index in [1.54, 1.807) is 0 Å². The summed E-state index contributed by atoms with van der Waals surface area (Å²) in [7, 11) is -3.80. The van der Waals surface area contributed by atoms with Crippen LogP contribution in [-0.4, -0.2) is 19.4 Å². The minimum Gasteiger partial charge on any atom is -0.258 e. The van der Waals surface area contributed by atoms with Crippen molar-refractivity contribution in [1.29, 1.82) is 0 Å². The number of non-ortho nitro benzene ring substituents is 1. The van der Waals surface area contributed by atoms with Gasteiger partial charge in [0.25, 0.3) is 5.69 Å². The zero-order valence-corrected chi connectivity index (χ0v) is 11.0. The second-order valence-corrected chi connectivity index (χ2v) is 6.40. The molecule has 0 heterocycles. The molecule has 6 nitrogen and oxygen atoms in total. The maximum atomic E-state index is 12.0. The van der Waals surface area contributed by atoms with Gasteiger partial charge in [0.15, 0.2) is 0 Å². The van der Waals surface area contributed by atoms with Gasteiger partial charge in [0, 0.05) is 18.2 Å². The minimum absolute atomic E-state index is 0.0265. The molecule has 2 unspecified atom stereocenters. The lowest BCUT2D eigenvalue weighted by molar-refractivity contribution is -0.385. The Bertz CT molecular complexity index is 602. The number of nitrogens with one attached hydrogen (secondary N) is 1. The summed E-state index contributed by atoms with van der Waals surface area (Å²) in [5.74, 6) is 0.289. The van der Waals surface area contributed by atoms with Gasteiger partial charge in [0.05, 0.1) is 9.95 Å². The summed E-state index contributed by atoms with van der Waals surface area (Å²) in [6.07, 6.45) is 0.770. The summed E-state index contributed by atoms with van der Waals surface area (Å²) in [4.78, 5) is 9.72. The number of sulfonamides is 1. The molecule has 0 radical (unpaired) electrons. The van der Waals surface area contributed by atoms with Crippen LogP contribution in [0, 0.1) is 16.0 Å². The molecule has 0 spiro atoms. The Labute approximate surface area is 109 Å². The van der Waals surface area contributed by atoms with E-state index in [4.69, 9.17) is 11.6 Å². The van der Waals surface area contributed by atoms with Crippen molar-refractivity contribution >= 4 is 27.3 Å². The van der Waals surface area contributed by atoms with Crippen LogP contribution in [0.1, 0.15) is 13.3 Å². The van der Waals surface area contributed by atoms with Gasteiger partial charge in [-0.1, -0.05) is 18.5 Å². The van der Waals surface area contributed by atoms with Crippen LogP contribution in [0.3, 0.4) is 0 Å². The van der Waals surface area contributed by atoms with E-state index in [9.17, 15) is 18.5 Å². The zero-order chi connectivity index (χ0) is 13.5. The number of nitro groups is 1. The van der Waals surface area contributed by atoms with Crippen molar-refractivity contribution in [1.82, 2.24) is 4.72 Å². The summed E-state index contributed by atoms with van der Waals surface area (Å²) in [6.45, 7) is 1.92. The zero-order valence-electron chi connectivity index (χ0n) is 9.46. The van der Waals surface area contributed by atoms with Crippen molar-refractivity contribution < 1.29 is 13.3 Å². The van der Waals surface area contributed by atoms with E-state index >= 15 is 0 Å².